The Kier molecular flexibility index (Phi) is 2.55. The van der Waals surface area contributed by atoms with Crippen LogP contribution in [0.2, 0.25) is 0 Å². The van der Waals surface area contributed by atoms with E-state index in [0.717, 1.165) is 31.3 Å². The highest BCUT2D eigenvalue weighted by molar-refractivity contribution is 5.60. The molecule has 2 atom stereocenters. The second-order valence-corrected chi connectivity index (χ2v) is 5.47. The first-order valence-electron chi connectivity index (χ1n) is 7.00. The Morgan fingerprint density at radius 2 is 2.11 bits per heavy atom. The molecule has 0 radical (unpaired) electrons. The second-order valence-electron chi connectivity index (χ2n) is 5.47. The first kappa shape index (κ1) is 11.1. The smallest absolute Gasteiger partial charge is 0.203 e. The Morgan fingerprint density at radius 1 is 1.21 bits per heavy atom. The summed E-state index contributed by atoms with van der Waals surface area (Å²) in [5, 5.41) is 7.08. The van der Waals surface area contributed by atoms with Gasteiger partial charge in [-0.05, 0) is 13.0 Å². The highest BCUT2D eigenvalue weighted by Gasteiger charge is 2.31. The number of nitrogens with one attached hydrogen (secondary N) is 2. The molecule has 2 aliphatic rings. The number of benzene rings is 1. The first-order valence-corrected chi connectivity index (χ1v) is 7.00. The van der Waals surface area contributed by atoms with E-state index in [1.165, 1.54) is 12.0 Å². The molecule has 1 fully saturated rings. The van der Waals surface area contributed by atoms with Crippen molar-refractivity contribution in [2.45, 2.75) is 19.0 Å². The average Bonchev–Trinajstić information content (AvgIpc) is 2.88. The van der Waals surface area contributed by atoms with Crippen LogP contribution in [0.15, 0.2) is 36.5 Å². The number of imidazole rings is 1. The van der Waals surface area contributed by atoms with Crippen LogP contribution in [0.25, 0.3) is 11.3 Å². The van der Waals surface area contributed by atoms with Crippen LogP contribution in [0.4, 0.5) is 5.95 Å². The van der Waals surface area contributed by atoms with Crippen molar-refractivity contribution in [3.05, 3.63) is 36.5 Å². The van der Waals surface area contributed by atoms with Crippen molar-refractivity contribution in [2.24, 2.45) is 5.92 Å². The number of aromatic nitrogens is 2. The van der Waals surface area contributed by atoms with Gasteiger partial charge in [0.25, 0.3) is 0 Å². The quantitative estimate of drug-likeness (QED) is 0.817. The van der Waals surface area contributed by atoms with Gasteiger partial charge in [0.1, 0.15) is 0 Å². The topological polar surface area (TPSA) is 41.9 Å². The fourth-order valence-electron chi connectivity index (χ4n) is 3.14. The maximum absolute atomic E-state index is 4.74. The van der Waals surface area contributed by atoms with E-state index in [9.17, 15) is 0 Å². The van der Waals surface area contributed by atoms with E-state index >= 15 is 0 Å². The van der Waals surface area contributed by atoms with Crippen molar-refractivity contribution >= 4 is 5.95 Å². The van der Waals surface area contributed by atoms with Gasteiger partial charge in [-0.2, -0.15) is 0 Å². The highest BCUT2D eigenvalue weighted by Crippen LogP contribution is 2.28. The van der Waals surface area contributed by atoms with E-state index < -0.39 is 0 Å². The lowest BCUT2D eigenvalue weighted by Crippen LogP contribution is -2.48. The van der Waals surface area contributed by atoms with E-state index in [0.29, 0.717) is 12.0 Å². The molecular weight excluding hydrogens is 236 g/mol. The van der Waals surface area contributed by atoms with Crippen LogP contribution >= 0.6 is 0 Å². The lowest BCUT2D eigenvalue weighted by Gasteiger charge is -2.37. The normalized spacial score (nSPS) is 25.3. The van der Waals surface area contributed by atoms with Crippen LogP contribution in [0, 0.1) is 5.92 Å². The van der Waals surface area contributed by atoms with Crippen molar-refractivity contribution in [1.82, 2.24) is 14.9 Å². The first-order chi connectivity index (χ1) is 9.40. The maximum atomic E-state index is 4.74. The Balaban J connectivity index is 1.67. The summed E-state index contributed by atoms with van der Waals surface area (Å²) in [6.07, 6.45) is 3.36. The van der Waals surface area contributed by atoms with E-state index in [4.69, 9.17) is 4.98 Å². The molecule has 4 nitrogen and oxygen atoms in total. The monoisotopic (exact) mass is 254 g/mol. The van der Waals surface area contributed by atoms with Gasteiger partial charge in [0.05, 0.1) is 5.69 Å². The van der Waals surface area contributed by atoms with Crippen molar-refractivity contribution in [3.63, 3.8) is 0 Å². The molecule has 3 heterocycles. The minimum atomic E-state index is 0.583. The molecule has 0 bridgehead atoms. The highest BCUT2D eigenvalue weighted by atomic mass is 15.3. The van der Waals surface area contributed by atoms with Crippen molar-refractivity contribution < 1.29 is 0 Å². The molecule has 2 aliphatic heterocycles. The summed E-state index contributed by atoms with van der Waals surface area (Å²) in [4.78, 5) is 4.74. The summed E-state index contributed by atoms with van der Waals surface area (Å²) in [6.45, 7) is 3.29. The summed E-state index contributed by atoms with van der Waals surface area (Å²) in [7, 11) is 0. The molecular formula is C15H18N4. The molecule has 4 heteroatoms. The van der Waals surface area contributed by atoms with Crippen LogP contribution in [-0.2, 0) is 6.54 Å². The van der Waals surface area contributed by atoms with Gasteiger partial charge in [-0.3, -0.25) is 0 Å². The van der Waals surface area contributed by atoms with Gasteiger partial charge in [0.15, 0.2) is 0 Å². The van der Waals surface area contributed by atoms with Crippen LogP contribution in [0.1, 0.15) is 6.42 Å². The molecule has 1 aromatic heterocycles. The number of hydrogen-bond acceptors (Lipinski definition) is 3. The molecule has 2 unspecified atom stereocenters. The minimum absolute atomic E-state index is 0.583. The van der Waals surface area contributed by atoms with Gasteiger partial charge in [-0.25, -0.2) is 4.98 Å². The molecule has 2 aromatic rings. The van der Waals surface area contributed by atoms with Crippen molar-refractivity contribution in [3.8, 4) is 11.3 Å². The molecule has 19 heavy (non-hydrogen) atoms. The fraction of sp³-hybridized carbons (Fsp3) is 0.400. The number of piperidine rings is 1. The Labute approximate surface area is 112 Å². The van der Waals surface area contributed by atoms with Crippen molar-refractivity contribution in [2.75, 3.05) is 18.4 Å². The Bertz CT molecular complexity index is 544. The SMILES string of the molecule is c1ccc(-c2cn3c(n2)NC2CCNCC2C3)cc1. The molecule has 98 valence electrons. The summed E-state index contributed by atoms with van der Waals surface area (Å²) < 4.78 is 2.26. The average molecular weight is 254 g/mol. The molecule has 0 aliphatic carbocycles. The van der Waals surface area contributed by atoms with Gasteiger partial charge in [0, 0.05) is 36.8 Å². The predicted molar refractivity (Wildman–Crippen MR) is 76.1 cm³/mol. The minimum Gasteiger partial charge on any atom is -0.352 e. The lowest BCUT2D eigenvalue weighted by atomic mass is 9.92. The van der Waals surface area contributed by atoms with Crippen LogP contribution in [-0.4, -0.2) is 28.7 Å². The largest absolute Gasteiger partial charge is 0.352 e. The molecule has 0 saturated carbocycles. The van der Waals surface area contributed by atoms with Gasteiger partial charge in [-0.15, -0.1) is 0 Å². The standard InChI is InChI=1S/C15H18N4/c1-2-4-11(5-3-1)14-10-19-9-12-8-16-7-6-13(12)17-15(19)18-14/h1-5,10,12-13,16H,6-9H2,(H,17,18). The molecule has 2 N–H and O–H groups in total. The Hall–Kier alpha value is -1.81. The third-order valence-corrected chi connectivity index (χ3v) is 4.20. The third-order valence-electron chi connectivity index (χ3n) is 4.20. The maximum Gasteiger partial charge on any atom is 0.203 e. The number of anilines is 1. The predicted octanol–water partition coefficient (Wildman–Crippen LogP) is 1.95. The van der Waals surface area contributed by atoms with E-state index in [1.807, 2.05) is 6.07 Å². The van der Waals surface area contributed by atoms with E-state index in [2.05, 4.69) is 45.7 Å². The number of fused-ring (bicyclic) bond motifs is 2. The molecule has 0 spiro atoms. The zero-order chi connectivity index (χ0) is 12.7. The number of rotatable bonds is 1. The zero-order valence-electron chi connectivity index (χ0n) is 10.8. The van der Waals surface area contributed by atoms with Gasteiger partial charge < -0.3 is 15.2 Å². The lowest BCUT2D eigenvalue weighted by molar-refractivity contribution is 0.290. The molecule has 0 amide bonds. The third kappa shape index (κ3) is 1.92. The van der Waals surface area contributed by atoms with Crippen LogP contribution in [0.3, 0.4) is 0 Å². The number of hydrogen-bond donors (Lipinski definition) is 2. The van der Waals surface area contributed by atoms with E-state index in [-0.39, 0.29) is 0 Å². The van der Waals surface area contributed by atoms with E-state index in [1.54, 1.807) is 0 Å². The zero-order valence-corrected chi connectivity index (χ0v) is 10.8. The van der Waals surface area contributed by atoms with Gasteiger partial charge in [-0.1, -0.05) is 30.3 Å². The van der Waals surface area contributed by atoms with Crippen LogP contribution in [0.5, 0.6) is 0 Å². The summed E-state index contributed by atoms with van der Waals surface area (Å²) in [5.41, 5.74) is 2.25. The number of nitrogens with zero attached hydrogens (tertiary/aromatic N) is 2. The second kappa shape index (κ2) is 4.38. The summed E-state index contributed by atoms with van der Waals surface area (Å²) in [6, 6.07) is 11.0. The van der Waals surface area contributed by atoms with Gasteiger partial charge >= 0.3 is 0 Å². The molecule has 1 aromatic carbocycles. The molecule has 4 rings (SSSR count). The summed E-state index contributed by atoms with van der Waals surface area (Å²) >= 11 is 0. The van der Waals surface area contributed by atoms with Crippen LogP contribution < -0.4 is 10.6 Å². The Morgan fingerprint density at radius 3 is 3.00 bits per heavy atom. The molecule has 1 saturated heterocycles. The van der Waals surface area contributed by atoms with Crippen molar-refractivity contribution in [1.29, 1.82) is 0 Å². The van der Waals surface area contributed by atoms with Gasteiger partial charge in [0.2, 0.25) is 5.95 Å². The fourth-order valence-corrected chi connectivity index (χ4v) is 3.14. The summed E-state index contributed by atoms with van der Waals surface area (Å²) in [5.74, 6) is 1.71.